The summed E-state index contributed by atoms with van der Waals surface area (Å²) in [6.45, 7) is 0.467. The lowest BCUT2D eigenvalue weighted by atomic mass is 10.0. The van der Waals surface area contributed by atoms with E-state index in [1.807, 2.05) is 61.6 Å². The molecule has 2 aromatic heterocycles. The molecule has 0 fully saturated rings. The van der Waals surface area contributed by atoms with E-state index in [4.69, 9.17) is 9.40 Å². The van der Waals surface area contributed by atoms with Crippen LogP contribution >= 0.6 is 0 Å². The number of benzene rings is 3. The summed E-state index contributed by atoms with van der Waals surface area (Å²) in [5.74, 6) is 0.597. The summed E-state index contributed by atoms with van der Waals surface area (Å²) in [6, 6.07) is 26.1. The number of nitrogens with zero attached hydrogens (tertiary/aromatic N) is 2. The van der Waals surface area contributed by atoms with Crippen molar-refractivity contribution in [2.45, 2.75) is 6.54 Å². The first-order valence-corrected chi connectivity index (χ1v) is 9.47. The second-order valence-electron chi connectivity index (χ2n) is 7.03. The lowest BCUT2D eigenvalue weighted by Gasteiger charge is -2.22. The Morgan fingerprint density at radius 2 is 1.66 bits per heavy atom. The molecule has 0 saturated heterocycles. The summed E-state index contributed by atoms with van der Waals surface area (Å²) in [5.41, 5.74) is 4.62. The smallest absolute Gasteiger partial charge is 0.294 e. The van der Waals surface area contributed by atoms with Crippen LogP contribution in [0, 0.1) is 0 Å². The number of nitrogens with one attached hydrogen (secondary N) is 1. The van der Waals surface area contributed by atoms with Crippen molar-refractivity contribution < 1.29 is 4.42 Å². The Balaban J connectivity index is 1.55. The van der Waals surface area contributed by atoms with Crippen LogP contribution in [0.5, 0.6) is 0 Å². The highest BCUT2D eigenvalue weighted by molar-refractivity contribution is 6.01. The van der Waals surface area contributed by atoms with Crippen LogP contribution in [-0.4, -0.2) is 17.0 Å². The van der Waals surface area contributed by atoms with Crippen LogP contribution in [0.2, 0.25) is 0 Å². The maximum Gasteiger partial charge on any atom is 0.294 e. The molecule has 1 N–H and O–H groups in total. The van der Waals surface area contributed by atoms with Gasteiger partial charge in [0.25, 0.3) is 5.56 Å². The zero-order chi connectivity index (χ0) is 19.8. The lowest BCUT2D eigenvalue weighted by molar-refractivity contribution is 0.658. The van der Waals surface area contributed by atoms with Crippen LogP contribution in [0.15, 0.2) is 88.1 Å². The van der Waals surface area contributed by atoms with Crippen LogP contribution in [-0.2, 0) is 6.54 Å². The number of hydrogen-bond acceptors (Lipinski definition) is 4. The monoisotopic (exact) mass is 381 g/mol. The Morgan fingerprint density at radius 1 is 0.931 bits per heavy atom. The fourth-order valence-corrected chi connectivity index (χ4v) is 3.70. The average molecular weight is 381 g/mol. The van der Waals surface area contributed by atoms with Gasteiger partial charge < -0.3 is 14.3 Å². The Kier molecular flexibility index (Phi) is 4.13. The van der Waals surface area contributed by atoms with Gasteiger partial charge in [-0.05, 0) is 23.8 Å². The van der Waals surface area contributed by atoms with E-state index in [0.29, 0.717) is 23.5 Å². The van der Waals surface area contributed by atoms with Crippen LogP contribution in [0.1, 0.15) is 5.82 Å². The van der Waals surface area contributed by atoms with Gasteiger partial charge >= 0.3 is 0 Å². The van der Waals surface area contributed by atoms with Gasteiger partial charge in [-0.1, -0.05) is 60.7 Å². The number of furan rings is 1. The van der Waals surface area contributed by atoms with Crippen LogP contribution in [0.4, 0.5) is 5.69 Å². The molecule has 5 heteroatoms. The van der Waals surface area contributed by atoms with Crippen molar-refractivity contribution in [1.82, 2.24) is 9.97 Å². The lowest BCUT2D eigenvalue weighted by Crippen LogP contribution is -2.21. The number of hydrogen-bond donors (Lipinski definition) is 1. The van der Waals surface area contributed by atoms with E-state index in [9.17, 15) is 4.79 Å². The summed E-state index contributed by atoms with van der Waals surface area (Å²) in [5, 5.41) is 0.849. The maximum absolute atomic E-state index is 12.6. The molecule has 5 aromatic rings. The maximum atomic E-state index is 12.6. The second kappa shape index (κ2) is 6.95. The first-order valence-electron chi connectivity index (χ1n) is 9.47. The van der Waals surface area contributed by atoms with E-state index in [0.717, 1.165) is 22.2 Å². The third-order valence-electron chi connectivity index (χ3n) is 5.07. The minimum atomic E-state index is -0.258. The summed E-state index contributed by atoms with van der Waals surface area (Å²) in [4.78, 5) is 22.2. The number of aromatic nitrogens is 2. The highest BCUT2D eigenvalue weighted by Crippen LogP contribution is 2.31. The van der Waals surface area contributed by atoms with Crippen molar-refractivity contribution in [2.24, 2.45) is 0 Å². The normalized spacial score (nSPS) is 11.2. The van der Waals surface area contributed by atoms with Crippen LogP contribution in [0.3, 0.4) is 0 Å². The predicted octanol–water partition coefficient (Wildman–Crippen LogP) is 4.97. The first kappa shape index (κ1) is 17.3. The Morgan fingerprint density at radius 3 is 2.52 bits per heavy atom. The largest absolute Gasteiger partial charge is 0.449 e. The molecule has 0 radical (unpaired) electrons. The molecule has 0 atom stereocenters. The second-order valence-corrected chi connectivity index (χ2v) is 7.03. The quantitative estimate of drug-likeness (QED) is 0.477. The average Bonchev–Trinajstić information content (AvgIpc) is 3.14. The van der Waals surface area contributed by atoms with Gasteiger partial charge in [0.1, 0.15) is 16.9 Å². The number of H-pyrrole nitrogens is 1. The van der Waals surface area contributed by atoms with Gasteiger partial charge in [0.15, 0.2) is 0 Å². The fourth-order valence-electron chi connectivity index (χ4n) is 3.70. The van der Waals surface area contributed by atoms with Crippen molar-refractivity contribution in [1.29, 1.82) is 0 Å². The molecule has 0 spiro atoms. The van der Waals surface area contributed by atoms with Crippen LogP contribution in [0.25, 0.3) is 33.2 Å². The van der Waals surface area contributed by atoms with Gasteiger partial charge in [-0.3, -0.25) is 4.79 Å². The molecule has 0 aliphatic heterocycles. The highest BCUT2D eigenvalue weighted by Gasteiger charge is 2.15. The van der Waals surface area contributed by atoms with Crippen molar-refractivity contribution in [2.75, 3.05) is 11.9 Å². The van der Waals surface area contributed by atoms with Gasteiger partial charge in [0.05, 0.1) is 6.54 Å². The fraction of sp³-hybridized carbons (Fsp3) is 0.0833. The van der Waals surface area contributed by atoms with Gasteiger partial charge in [-0.25, -0.2) is 4.98 Å². The number of aromatic amines is 1. The van der Waals surface area contributed by atoms with Gasteiger partial charge in [0.2, 0.25) is 5.58 Å². The minimum Gasteiger partial charge on any atom is -0.449 e. The van der Waals surface area contributed by atoms with E-state index in [1.54, 1.807) is 0 Å². The third kappa shape index (κ3) is 3.06. The number of anilines is 1. The molecular formula is C24H19N3O2. The highest BCUT2D eigenvalue weighted by atomic mass is 16.3. The van der Waals surface area contributed by atoms with Crippen molar-refractivity contribution in [3.63, 3.8) is 0 Å². The van der Waals surface area contributed by atoms with E-state index in [1.165, 1.54) is 0 Å². The number of rotatable bonds is 4. The van der Waals surface area contributed by atoms with Crippen LogP contribution < -0.4 is 10.5 Å². The molecule has 0 aliphatic rings. The van der Waals surface area contributed by atoms with E-state index >= 15 is 0 Å². The topological polar surface area (TPSA) is 62.1 Å². The molecule has 0 amide bonds. The number of fused-ring (bicyclic) bond motifs is 3. The molecule has 0 aliphatic carbocycles. The first-order chi connectivity index (χ1) is 14.2. The molecule has 142 valence electrons. The van der Waals surface area contributed by atoms with E-state index in [-0.39, 0.29) is 11.1 Å². The summed E-state index contributed by atoms with van der Waals surface area (Å²) < 4.78 is 5.68. The SMILES string of the molecule is CN(Cc1nc2c(oc3ccccc32)c(=O)[nH]1)c1ccccc1-c1ccccc1. The van der Waals surface area contributed by atoms with Crippen molar-refractivity contribution in [3.8, 4) is 11.1 Å². The summed E-state index contributed by atoms with van der Waals surface area (Å²) in [6.07, 6.45) is 0. The van der Waals surface area contributed by atoms with Gasteiger partial charge in [0, 0.05) is 23.7 Å². The molecular weight excluding hydrogens is 362 g/mol. The summed E-state index contributed by atoms with van der Waals surface area (Å²) >= 11 is 0. The predicted molar refractivity (Wildman–Crippen MR) is 116 cm³/mol. The summed E-state index contributed by atoms with van der Waals surface area (Å²) in [7, 11) is 2.00. The standard InChI is InChI=1S/C24H19N3O2/c1-27(19-13-7-5-11-17(19)16-9-3-2-4-10-16)15-21-25-22-18-12-6-8-14-20(18)29-23(22)24(28)26-21/h2-14H,15H2,1H3,(H,25,26,28). The Bertz CT molecular complexity index is 1370. The zero-order valence-corrected chi connectivity index (χ0v) is 15.9. The molecule has 0 unspecified atom stereocenters. The Hall–Kier alpha value is -3.86. The van der Waals surface area contributed by atoms with Crippen molar-refractivity contribution in [3.05, 3.63) is 95.0 Å². The molecule has 5 nitrogen and oxygen atoms in total. The molecule has 3 aromatic carbocycles. The minimum absolute atomic E-state index is 0.258. The molecule has 0 bridgehead atoms. The molecule has 5 rings (SSSR count). The van der Waals surface area contributed by atoms with E-state index < -0.39 is 0 Å². The Labute approximate surface area is 167 Å². The van der Waals surface area contributed by atoms with E-state index in [2.05, 4.69) is 34.1 Å². The number of para-hydroxylation sites is 2. The third-order valence-corrected chi connectivity index (χ3v) is 5.07. The zero-order valence-electron chi connectivity index (χ0n) is 15.9. The molecule has 2 heterocycles. The van der Waals surface area contributed by atoms with Gasteiger partial charge in [-0.15, -0.1) is 0 Å². The van der Waals surface area contributed by atoms with Crippen molar-refractivity contribution >= 4 is 27.8 Å². The van der Waals surface area contributed by atoms with Gasteiger partial charge in [-0.2, -0.15) is 0 Å². The molecule has 0 saturated carbocycles. The molecule has 29 heavy (non-hydrogen) atoms.